The number of amides is 1. The van der Waals surface area contributed by atoms with Crippen LogP contribution >= 0.6 is 0 Å². The number of rotatable bonds is 4. The van der Waals surface area contributed by atoms with Gasteiger partial charge in [-0.2, -0.15) is 0 Å². The average Bonchev–Trinajstić information content (AvgIpc) is 3.08. The summed E-state index contributed by atoms with van der Waals surface area (Å²) in [6, 6.07) is 19.1. The zero-order chi connectivity index (χ0) is 17.1. The minimum atomic E-state index is 0.293. The van der Waals surface area contributed by atoms with Gasteiger partial charge in [-0.25, -0.2) is 0 Å². The van der Waals surface area contributed by atoms with E-state index in [0.717, 1.165) is 37.7 Å². The van der Waals surface area contributed by atoms with Gasteiger partial charge in [0.05, 0.1) is 13.1 Å². The van der Waals surface area contributed by atoms with E-state index in [1.807, 2.05) is 11.0 Å². The largest absolute Gasteiger partial charge is 0.327 e. The predicted octanol–water partition coefficient (Wildman–Crippen LogP) is 2.11. The summed E-state index contributed by atoms with van der Waals surface area (Å²) in [7, 11) is 0. The van der Waals surface area contributed by atoms with Crippen molar-refractivity contribution in [3.8, 4) is 0 Å². The first-order valence-electron chi connectivity index (χ1n) is 9.55. The second-order valence-corrected chi connectivity index (χ2v) is 7.48. The quantitative estimate of drug-likeness (QED) is 0.909. The molecule has 0 bridgehead atoms. The molecule has 1 fully saturated rings. The highest BCUT2D eigenvalue weighted by molar-refractivity contribution is 5.96. The van der Waals surface area contributed by atoms with E-state index >= 15 is 0 Å². The fourth-order valence-electron chi connectivity index (χ4n) is 4.32. The van der Waals surface area contributed by atoms with Crippen LogP contribution in [0, 0.1) is 5.92 Å². The number of likely N-dealkylation sites (tertiary alicyclic amines) is 1. The van der Waals surface area contributed by atoms with E-state index in [2.05, 4.69) is 48.5 Å². The topological polar surface area (TPSA) is 24.8 Å². The number of quaternary nitrogens is 1. The van der Waals surface area contributed by atoms with Crippen LogP contribution in [0.15, 0.2) is 54.6 Å². The molecule has 2 aromatic carbocycles. The second kappa shape index (κ2) is 7.40. The minimum Gasteiger partial charge on any atom is -0.327 e. The van der Waals surface area contributed by atoms with Crippen molar-refractivity contribution in [2.24, 2.45) is 5.92 Å². The van der Waals surface area contributed by atoms with E-state index in [-0.39, 0.29) is 0 Å². The van der Waals surface area contributed by atoms with E-state index < -0.39 is 0 Å². The highest BCUT2D eigenvalue weighted by Crippen LogP contribution is 2.27. The summed E-state index contributed by atoms with van der Waals surface area (Å²) in [6.07, 6.45) is 4.64. The number of hydrogen-bond acceptors (Lipinski definition) is 1. The summed E-state index contributed by atoms with van der Waals surface area (Å²) in [5, 5.41) is 0. The van der Waals surface area contributed by atoms with E-state index in [9.17, 15) is 4.79 Å². The number of carbonyl (C=O) groups excluding carboxylic acids is 1. The number of anilines is 1. The van der Waals surface area contributed by atoms with Crippen molar-refractivity contribution in [2.75, 3.05) is 31.1 Å². The SMILES string of the molecule is O=C(C[NH+]1CCC(Cc2ccccc2)CC1)N1CCc2ccccc21. The van der Waals surface area contributed by atoms with E-state index in [0.29, 0.717) is 12.5 Å². The van der Waals surface area contributed by atoms with E-state index in [1.54, 1.807) is 0 Å². The number of hydrogen-bond donors (Lipinski definition) is 1. The van der Waals surface area contributed by atoms with Crippen LogP contribution in [-0.2, 0) is 17.6 Å². The van der Waals surface area contributed by atoms with Gasteiger partial charge in [-0.05, 0) is 48.8 Å². The maximum atomic E-state index is 12.8. The van der Waals surface area contributed by atoms with Crippen molar-refractivity contribution >= 4 is 11.6 Å². The number of nitrogens with one attached hydrogen (secondary N) is 1. The number of nitrogens with zero attached hydrogens (tertiary/aromatic N) is 1. The number of carbonyl (C=O) groups is 1. The summed E-state index contributed by atoms with van der Waals surface area (Å²) in [5.41, 5.74) is 3.89. The van der Waals surface area contributed by atoms with Crippen molar-refractivity contribution in [1.29, 1.82) is 0 Å². The van der Waals surface area contributed by atoms with Gasteiger partial charge in [0.2, 0.25) is 0 Å². The maximum absolute atomic E-state index is 12.8. The first-order valence-corrected chi connectivity index (χ1v) is 9.55. The molecule has 0 atom stereocenters. The van der Waals surface area contributed by atoms with Crippen LogP contribution < -0.4 is 9.80 Å². The number of para-hydroxylation sites is 1. The lowest BCUT2D eigenvalue weighted by atomic mass is 9.90. The third-order valence-electron chi connectivity index (χ3n) is 5.77. The molecule has 3 nitrogen and oxygen atoms in total. The molecule has 0 unspecified atom stereocenters. The molecule has 3 heteroatoms. The minimum absolute atomic E-state index is 0.293. The van der Waals surface area contributed by atoms with Crippen molar-refractivity contribution in [3.05, 3.63) is 65.7 Å². The van der Waals surface area contributed by atoms with Gasteiger partial charge in [0.15, 0.2) is 6.54 Å². The fraction of sp³-hybridized carbons (Fsp3) is 0.409. The summed E-state index contributed by atoms with van der Waals surface area (Å²) < 4.78 is 0. The second-order valence-electron chi connectivity index (χ2n) is 7.48. The standard InChI is InChI=1S/C22H26N2O/c25-22(24-15-12-20-8-4-5-9-21(20)24)17-23-13-10-19(11-14-23)16-18-6-2-1-3-7-18/h1-9,19H,10-17H2/p+1. The van der Waals surface area contributed by atoms with Gasteiger partial charge >= 0.3 is 0 Å². The summed E-state index contributed by atoms with van der Waals surface area (Å²) in [5.74, 6) is 1.07. The molecule has 0 spiro atoms. The summed E-state index contributed by atoms with van der Waals surface area (Å²) in [4.78, 5) is 16.2. The molecule has 0 aliphatic carbocycles. The fourth-order valence-corrected chi connectivity index (χ4v) is 4.32. The van der Waals surface area contributed by atoms with E-state index in [1.165, 1.54) is 35.3 Å². The Balaban J connectivity index is 1.28. The van der Waals surface area contributed by atoms with Gasteiger partial charge in [-0.1, -0.05) is 48.5 Å². The zero-order valence-electron chi connectivity index (χ0n) is 14.8. The molecule has 25 heavy (non-hydrogen) atoms. The number of benzene rings is 2. The lowest BCUT2D eigenvalue weighted by molar-refractivity contribution is -0.898. The normalized spacial score (nSPS) is 22.6. The lowest BCUT2D eigenvalue weighted by Crippen LogP contribution is -3.14. The van der Waals surface area contributed by atoms with Crippen molar-refractivity contribution in [3.63, 3.8) is 0 Å². The molecule has 2 heterocycles. The monoisotopic (exact) mass is 335 g/mol. The lowest BCUT2D eigenvalue weighted by Gasteiger charge is -2.30. The summed E-state index contributed by atoms with van der Waals surface area (Å²) >= 11 is 0. The van der Waals surface area contributed by atoms with Gasteiger partial charge in [0.25, 0.3) is 5.91 Å². The molecular formula is C22H27N2O+. The molecule has 0 aromatic heterocycles. The third-order valence-corrected chi connectivity index (χ3v) is 5.77. The Hall–Kier alpha value is -2.13. The Labute approximate surface area is 150 Å². The predicted molar refractivity (Wildman–Crippen MR) is 101 cm³/mol. The first-order chi connectivity index (χ1) is 12.3. The molecule has 2 aromatic rings. The molecular weight excluding hydrogens is 308 g/mol. The number of piperidine rings is 1. The Morgan fingerprint density at radius 1 is 1.00 bits per heavy atom. The molecule has 1 saturated heterocycles. The van der Waals surface area contributed by atoms with Gasteiger partial charge < -0.3 is 9.80 Å². The zero-order valence-corrected chi connectivity index (χ0v) is 14.8. The highest BCUT2D eigenvalue weighted by atomic mass is 16.2. The van der Waals surface area contributed by atoms with Gasteiger partial charge in [-0.15, -0.1) is 0 Å². The summed E-state index contributed by atoms with van der Waals surface area (Å²) in [6.45, 7) is 3.74. The molecule has 130 valence electrons. The molecule has 0 saturated carbocycles. The smallest absolute Gasteiger partial charge is 0.282 e. The number of fused-ring (bicyclic) bond motifs is 1. The van der Waals surface area contributed by atoms with Crippen LogP contribution in [0.4, 0.5) is 5.69 Å². The van der Waals surface area contributed by atoms with Crippen LogP contribution in [0.25, 0.3) is 0 Å². The molecule has 1 amide bonds. The average molecular weight is 335 g/mol. The Bertz CT molecular complexity index is 720. The Kier molecular flexibility index (Phi) is 4.84. The first kappa shape index (κ1) is 16.3. The van der Waals surface area contributed by atoms with Crippen LogP contribution in [0.2, 0.25) is 0 Å². The van der Waals surface area contributed by atoms with Crippen molar-refractivity contribution in [1.82, 2.24) is 0 Å². The van der Waals surface area contributed by atoms with Crippen molar-refractivity contribution < 1.29 is 9.69 Å². The maximum Gasteiger partial charge on any atom is 0.282 e. The Morgan fingerprint density at radius 3 is 2.52 bits per heavy atom. The Morgan fingerprint density at radius 2 is 1.72 bits per heavy atom. The third kappa shape index (κ3) is 3.77. The van der Waals surface area contributed by atoms with Crippen LogP contribution in [0.5, 0.6) is 0 Å². The molecule has 1 N–H and O–H groups in total. The van der Waals surface area contributed by atoms with Crippen molar-refractivity contribution in [2.45, 2.75) is 25.7 Å². The van der Waals surface area contributed by atoms with E-state index in [4.69, 9.17) is 0 Å². The van der Waals surface area contributed by atoms with Crippen LogP contribution in [0.1, 0.15) is 24.0 Å². The molecule has 2 aliphatic heterocycles. The molecule has 0 radical (unpaired) electrons. The van der Waals surface area contributed by atoms with Gasteiger partial charge in [0.1, 0.15) is 0 Å². The molecule has 2 aliphatic rings. The van der Waals surface area contributed by atoms with Crippen LogP contribution in [-0.4, -0.2) is 32.1 Å². The highest BCUT2D eigenvalue weighted by Gasteiger charge is 2.29. The van der Waals surface area contributed by atoms with Gasteiger partial charge in [-0.3, -0.25) is 4.79 Å². The van der Waals surface area contributed by atoms with Crippen LogP contribution in [0.3, 0.4) is 0 Å². The van der Waals surface area contributed by atoms with Gasteiger partial charge in [0, 0.05) is 12.2 Å². The molecule has 4 rings (SSSR count).